The fraction of sp³-hybridized carbons (Fsp3) is 0.538. The lowest BCUT2D eigenvalue weighted by molar-refractivity contribution is -0.138. The second kappa shape index (κ2) is 5.71. The molecular formula is C13H19N3O2S. The number of nitrogens with one attached hydrogen (secondary N) is 1. The zero-order valence-corrected chi connectivity index (χ0v) is 12.0. The molecule has 2 rings (SSSR count). The normalized spacial score (nSPS) is 19.6. The molecule has 1 aliphatic rings. The van der Waals surface area contributed by atoms with Gasteiger partial charge < -0.3 is 4.90 Å². The number of carbonyl (C=O) groups is 2. The van der Waals surface area contributed by atoms with Crippen molar-refractivity contribution in [1.82, 2.24) is 10.3 Å². The lowest BCUT2D eigenvalue weighted by atomic mass is 9.99. The molecule has 1 fully saturated rings. The van der Waals surface area contributed by atoms with Crippen LogP contribution in [0.2, 0.25) is 0 Å². The number of rotatable bonds is 3. The molecule has 0 aliphatic carbocycles. The molecule has 5 nitrogen and oxygen atoms in total. The van der Waals surface area contributed by atoms with Crippen LogP contribution in [0.1, 0.15) is 39.9 Å². The molecule has 104 valence electrons. The van der Waals surface area contributed by atoms with E-state index >= 15 is 0 Å². The van der Waals surface area contributed by atoms with Crippen molar-refractivity contribution in [2.45, 2.75) is 33.2 Å². The molecule has 1 aromatic heterocycles. The van der Waals surface area contributed by atoms with Crippen molar-refractivity contribution in [1.29, 1.82) is 0 Å². The molecule has 0 saturated carbocycles. The number of hydrazine groups is 1. The highest BCUT2D eigenvalue weighted by atomic mass is 32.1. The summed E-state index contributed by atoms with van der Waals surface area (Å²) in [5, 5.41) is 0. The van der Waals surface area contributed by atoms with Crippen molar-refractivity contribution in [3.8, 4) is 0 Å². The standard InChI is InChI=1S/C13H19N3O2S/c1-8-4-3-5-16(13(8)18)7-10-6-11(12(17)15-14)19-9(10)2/h6,8H,3-5,7,14H2,1-2H3,(H,15,17). The topological polar surface area (TPSA) is 75.4 Å². The van der Waals surface area contributed by atoms with Crippen LogP contribution in [0.15, 0.2) is 6.07 Å². The molecule has 1 aromatic rings. The number of thiophene rings is 1. The lowest BCUT2D eigenvalue weighted by Crippen LogP contribution is -2.39. The molecular weight excluding hydrogens is 262 g/mol. The Hall–Kier alpha value is -1.40. The molecule has 0 bridgehead atoms. The van der Waals surface area contributed by atoms with Crippen molar-refractivity contribution in [2.24, 2.45) is 11.8 Å². The van der Waals surface area contributed by atoms with Gasteiger partial charge in [0.15, 0.2) is 0 Å². The van der Waals surface area contributed by atoms with Gasteiger partial charge in [-0.15, -0.1) is 11.3 Å². The molecule has 1 atom stereocenters. The van der Waals surface area contributed by atoms with Gasteiger partial charge in [0.25, 0.3) is 5.91 Å². The zero-order chi connectivity index (χ0) is 14.0. The Balaban J connectivity index is 2.12. The number of piperidine rings is 1. The highest BCUT2D eigenvalue weighted by Crippen LogP contribution is 2.25. The van der Waals surface area contributed by atoms with E-state index in [1.165, 1.54) is 11.3 Å². The van der Waals surface area contributed by atoms with Crippen LogP contribution in [0.4, 0.5) is 0 Å². The first-order chi connectivity index (χ1) is 9.02. The zero-order valence-electron chi connectivity index (χ0n) is 11.2. The Kier molecular flexibility index (Phi) is 4.21. The minimum atomic E-state index is -0.280. The molecule has 1 aliphatic heterocycles. The van der Waals surface area contributed by atoms with Gasteiger partial charge in [-0.2, -0.15) is 0 Å². The van der Waals surface area contributed by atoms with Crippen LogP contribution in [0.25, 0.3) is 0 Å². The Labute approximate surface area is 116 Å². The van der Waals surface area contributed by atoms with Crippen LogP contribution in [0.5, 0.6) is 0 Å². The van der Waals surface area contributed by atoms with Gasteiger partial charge in [-0.25, -0.2) is 5.84 Å². The number of likely N-dealkylation sites (tertiary alicyclic amines) is 1. The van der Waals surface area contributed by atoms with E-state index in [0.717, 1.165) is 29.8 Å². The number of hydrogen-bond acceptors (Lipinski definition) is 4. The molecule has 2 heterocycles. The molecule has 19 heavy (non-hydrogen) atoms. The van der Waals surface area contributed by atoms with Crippen LogP contribution < -0.4 is 11.3 Å². The van der Waals surface area contributed by atoms with Crippen molar-refractivity contribution in [2.75, 3.05) is 6.54 Å². The molecule has 1 unspecified atom stereocenters. The molecule has 0 aromatic carbocycles. The van der Waals surface area contributed by atoms with Gasteiger partial charge in [-0.05, 0) is 31.4 Å². The van der Waals surface area contributed by atoms with E-state index in [-0.39, 0.29) is 17.7 Å². The van der Waals surface area contributed by atoms with Gasteiger partial charge in [-0.3, -0.25) is 15.0 Å². The van der Waals surface area contributed by atoms with Gasteiger partial charge in [0.2, 0.25) is 5.91 Å². The first kappa shape index (κ1) is 14.0. The minimum absolute atomic E-state index is 0.111. The Morgan fingerprint density at radius 3 is 3.05 bits per heavy atom. The number of nitrogen functional groups attached to an aromatic ring is 1. The third kappa shape index (κ3) is 2.96. The van der Waals surface area contributed by atoms with Gasteiger partial charge in [0.1, 0.15) is 0 Å². The van der Waals surface area contributed by atoms with E-state index in [4.69, 9.17) is 5.84 Å². The monoisotopic (exact) mass is 281 g/mol. The second-order valence-corrected chi connectivity index (χ2v) is 6.22. The highest BCUT2D eigenvalue weighted by molar-refractivity contribution is 7.14. The fourth-order valence-electron chi connectivity index (χ4n) is 2.36. The van der Waals surface area contributed by atoms with Crippen LogP contribution in [-0.4, -0.2) is 23.3 Å². The van der Waals surface area contributed by atoms with E-state index in [1.807, 2.05) is 24.8 Å². The summed E-state index contributed by atoms with van der Waals surface area (Å²) in [5.41, 5.74) is 3.17. The van der Waals surface area contributed by atoms with Crippen molar-refractivity contribution < 1.29 is 9.59 Å². The maximum absolute atomic E-state index is 12.1. The second-order valence-electron chi connectivity index (χ2n) is 4.97. The Morgan fingerprint density at radius 1 is 1.63 bits per heavy atom. The summed E-state index contributed by atoms with van der Waals surface area (Å²) in [4.78, 5) is 27.1. The number of carbonyl (C=O) groups excluding carboxylic acids is 2. The van der Waals surface area contributed by atoms with Crippen molar-refractivity contribution in [3.63, 3.8) is 0 Å². The molecule has 2 amide bonds. The van der Waals surface area contributed by atoms with Gasteiger partial charge in [0, 0.05) is 23.9 Å². The highest BCUT2D eigenvalue weighted by Gasteiger charge is 2.26. The largest absolute Gasteiger partial charge is 0.338 e. The number of amides is 2. The summed E-state index contributed by atoms with van der Waals surface area (Å²) in [6.45, 7) is 5.33. The van der Waals surface area contributed by atoms with Crippen LogP contribution >= 0.6 is 11.3 Å². The Bertz CT molecular complexity index is 498. The Morgan fingerprint density at radius 2 is 2.37 bits per heavy atom. The minimum Gasteiger partial charge on any atom is -0.338 e. The lowest BCUT2D eigenvalue weighted by Gasteiger charge is -2.30. The molecule has 0 spiro atoms. The number of nitrogens with zero attached hydrogens (tertiary/aromatic N) is 1. The molecule has 6 heteroatoms. The fourth-order valence-corrected chi connectivity index (χ4v) is 3.29. The first-order valence-electron chi connectivity index (χ1n) is 6.42. The van der Waals surface area contributed by atoms with E-state index in [2.05, 4.69) is 5.43 Å². The summed E-state index contributed by atoms with van der Waals surface area (Å²) in [6.07, 6.45) is 2.02. The summed E-state index contributed by atoms with van der Waals surface area (Å²) >= 11 is 1.41. The summed E-state index contributed by atoms with van der Waals surface area (Å²) in [7, 11) is 0. The SMILES string of the molecule is Cc1sc(C(=O)NN)cc1CN1CCCC(C)C1=O. The average molecular weight is 281 g/mol. The van der Waals surface area contributed by atoms with Gasteiger partial charge in [-0.1, -0.05) is 6.92 Å². The number of hydrogen-bond donors (Lipinski definition) is 2. The van der Waals surface area contributed by atoms with Crippen LogP contribution in [0.3, 0.4) is 0 Å². The first-order valence-corrected chi connectivity index (χ1v) is 7.23. The van der Waals surface area contributed by atoms with E-state index < -0.39 is 0 Å². The van der Waals surface area contributed by atoms with Gasteiger partial charge in [0.05, 0.1) is 4.88 Å². The van der Waals surface area contributed by atoms with E-state index in [1.54, 1.807) is 0 Å². The molecule has 3 N–H and O–H groups in total. The van der Waals surface area contributed by atoms with E-state index in [0.29, 0.717) is 11.4 Å². The quantitative estimate of drug-likeness (QED) is 0.500. The predicted octanol–water partition coefficient (Wildman–Crippen LogP) is 1.42. The maximum atomic E-state index is 12.1. The third-order valence-corrected chi connectivity index (χ3v) is 4.63. The third-order valence-electron chi connectivity index (χ3n) is 3.54. The molecule has 0 radical (unpaired) electrons. The number of nitrogens with two attached hydrogens (primary N) is 1. The predicted molar refractivity (Wildman–Crippen MR) is 74.5 cm³/mol. The summed E-state index contributed by atoms with van der Waals surface area (Å²) < 4.78 is 0. The van der Waals surface area contributed by atoms with Gasteiger partial charge >= 0.3 is 0 Å². The average Bonchev–Trinajstić information content (AvgIpc) is 2.75. The summed E-state index contributed by atoms with van der Waals surface area (Å²) in [5.74, 6) is 5.17. The molecule has 1 saturated heterocycles. The van der Waals surface area contributed by atoms with Crippen molar-refractivity contribution >= 4 is 23.2 Å². The van der Waals surface area contributed by atoms with Crippen LogP contribution in [0, 0.1) is 12.8 Å². The van der Waals surface area contributed by atoms with E-state index in [9.17, 15) is 9.59 Å². The maximum Gasteiger partial charge on any atom is 0.275 e. The smallest absolute Gasteiger partial charge is 0.275 e. The summed E-state index contributed by atoms with van der Waals surface area (Å²) in [6, 6.07) is 1.83. The number of aryl methyl sites for hydroxylation is 1. The van der Waals surface area contributed by atoms with Crippen LogP contribution in [-0.2, 0) is 11.3 Å². The van der Waals surface area contributed by atoms with Crippen molar-refractivity contribution in [3.05, 3.63) is 21.4 Å².